The number of rotatable bonds is 3. The lowest BCUT2D eigenvalue weighted by atomic mass is 10.1. The molecule has 2 nitrogen and oxygen atoms in total. The number of nitrogens with one attached hydrogen (secondary N) is 1. The Morgan fingerprint density at radius 2 is 1.88 bits per heavy atom. The molecular formula is C14H15FN2. The van der Waals surface area contributed by atoms with Gasteiger partial charge in [0.2, 0.25) is 0 Å². The second-order valence-corrected chi connectivity index (χ2v) is 3.98. The van der Waals surface area contributed by atoms with E-state index in [9.17, 15) is 4.39 Å². The van der Waals surface area contributed by atoms with Gasteiger partial charge in [-0.15, -0.1) is 0 Å². The van der Waals surface area contributed by atoms with E-state index in [2.05, 4.69) is 5.32 Å². The Balaban J connectivity index is 2.13. The van der Waals surface area contributed by atoms with Crippen molar-refractivity contribution in [2.75, 3.05) is 11.1 Å². The van der Waals surface area contributed by atoms with Gasteiger partial charge in [-0.05, 0) is 30.2 Å². The fraction of sp³-hybridized carbons (Fsp3) is 0.143. The molecule has 0 unspecified atom stereocenters. The van der Waals surface area contributed by atoms with Crippen LogP contribution in [0.25, 0.3) is 0 Å². The number of nitrogens with two attached hydrogens (primary N) is 1. The normalized spacial score (nSPS) is 10.2. The van der Waals surface area contributed by atoms with Crippen molar-refractivity contribution >= 4 is 11.4 Å². The summed E-state index contributed by atoms with van der Waals surface area (Å²) in [6.07, 6.45) is 0. The molecule has 2 aromatic rings. The fourth-order valence-electron chi connectivity index (χ4n) is 1.69. The van der Waals surface area contributed by atoms with Crippen LogP contribution in [0.5, 0.6) is 0 Å². The molecule has 0 spiro atoms. The minimum atomic E-state index is -0.389. The summed E-state index contributed by atoms with van der Waals surface area (Å²) in [6, 6.07) is 12.8. The Bertz CT molecular complexity index is 523. The van der Waals surface area contributed by atoms with Gasteiger partial charge in [0.1, 0.15) is 5.82 Å². The lowest BCUT2D eigenvalue weighted by Crippen LogP contribution is -2.04. The monoisotopic (exact) mass is 230 g/mol. The van der Waals surface area contributed by atoms with Gasteiger partial charge in [0.25, 0.3) is 0 Å². The van der Waals surface area contributed by atoms with Crippen molar-refractivity contribution in [1.29, 1.82) is 0 Å². The van der Waals surface area contributed by atoms with Crippen LogP contribution in [0, 0.1) is 12.7 Å². The molecule has 3 N–H and O–H groups in total. The number of para-hydroxylation sites is 1. The van der Waals surface area contributed by atoms with Gasteiger partial charge in [0.05, 0.1) is 11.4 Å². The van der Waals surface area contributed by atoms with Gasteiger partial charge in [0.15, 0.2) is 0 Å². The standard InChI is InChI=1S/C14H15FN2/c1-10-5-2-3-6-11(10)9-17-13-8-4-7-12(15)14(13)16/h2-8,17H,9,16H2,1H3. The number of halogens is 1. The number of anilines is 2. The summed E-state index contributed by atoms with van der Waals surface area (Å²) in [5, 5.41) is 3.15. The maximum absolute atomic E-state index is 13.2. The molecule has 0 saturated heterocycles. The number of hydrogen-bond acceptors (Lipinski definition) is 2. The van der Waals surface area contributed by atoms with E-state index < -0.39 is 0 Å². The van der Waals surface area contributed by atoms with E-state index in [1.165, 1.54) is 17.2 Å². The molecule has 2 rings (SSSR count). The largest absolute Gasteiger partial charge is 0.395 e. The SMILES string of the molecule is Cc1ccccc1CNc1cccc(F)c1N. The Morgan fingerprint density at radius 3 is 2.65 bits per heavy atom. The highest BCUT2D eigenvalue weighted by atomic mass is 19.1. The summed E-state index contributed by atoms with van der Waals surface area (Å²) in [5.74, 6) is -0.389. The first-order valence-corrected chi connectivity index (χ1v) is 5.51. The quantitative estimate of drug-likeness (QED) is 0.794. The zero-order valence-corrected chi connectivity index (χ0v) is 9.70. The average molecular weight is 230 g/mol. The minimum Gasteiger partial charge on any atom is -0.395 e. The van der Waals surface area contributed by atoms with Crippen LogP contribution in [0.1, 0.15) is 11.1 Å². The van der Waals surface area contributed by atoms with E-state index in [1.807, 2.05) is 31.2 Å². The second-order valence-electron chi connectivity index (χ2n) is 3.98. The van der Waals surface area contributed by atoms with Crippen LogP contribution >= 0.6 is 0 Å². The highest BCUT2D eigenvalue weighted by molar-refractivity contribution is 5.66. The molecule has 3 heteroatoms. The summed E-state index contributed by atoms with van der Waals surface area (Å²) >= 11 is 0. The number of benzene rings is 2. The molecule has 0 heterocycles. The third-order valence-corrected chi connectivity index (χ3v) is 2.78. The molecule has 88 valence electrons. The zero-order valence-electron chi connectivity index (χ0n) is 9.70. The summed E-state index contributed by atoms with van der Waals surface area (Å²) in [6.45, 7) is 2.69. The smallest absolute Gasteiger partial charge is 0.148 e. The van der Waals surface area contributed by atoms with Crippen molar-refractivity contribution in [1.82, 2.24) is 0 Å². The zero-order chi connectivity index (χ0) is 12.3. The molecular weight excluding hydrogens is 215 g/mol. The van der Waals surface area contributed by atoms with Crippen molar-refractivity contribution in [3.05, 3.63) is 59.4 Å². The van der Waals surface area contributed by atoms with Crippen LogP contribution in [0.3, 0.4) is 0 Å². The van der Waals surface area contributed by atoms with E-state index in [4.69, 9.17) is 5.73 Å². The van der Waals surface area contributed by atoms with Crippen molar-refractivity contribution in [2.45, 2.75) is 13.5 Å². The molecule has 17 heavy (non-hydrogen) atoms. The van der Waals surface area contributed by atoms with E-state index in [0.29, 0.717) is 12.2 Å². The molecule has 2 aromatic carbocycles. The molecule has 0 aliphatic carbocycles. The van der Waals surface area contributed by atoms with Gasteiger partial charge >= 0.3 is 0 Å². The maximum atomic E-state index is 13.2. The summed E-state index contributed by atoms with van der Waals surface area (Å²) in [7, 11) is 0. The first-order chi connectivity index (χ1) is 8.18. The van der Waals surface area contributed by atoms with Crippen molar-refractivity contribution < 1.29 is 4.39 Å². The van der Waals surface area contributed by atoms with E-state index in [-0.39, 0.29) is 11.5 Å². The first kappa shape index (κ1) is 11.5. The molecule has 0 atom stereocenters. The van der Waals surface area contributed by atoms with E-state index in [0.717, 1.165) is 0 Å². The number of nitrogen functional groups attached to an aromatic ring is 1. The van der Waals surface area contributed by atoms with Gasteiger partial charge in [-0.1, -0.05) is 30.3 Å². The van der Waals surface area contributed by atoms with Crippen molar-refractivity contribution in [3.8, 4) is 0 Å². The predicted molar refractivity (Wildman–Crippen MR) is 69.3 cm³/mol. The third-order valence-electron chi connectivity index (χ3n) is 2.78. The predicted octanol–water partition coefficient (Wildman–Crippen LogP) is 3.33. The summed E-state index contributed by atoms with van der Waals surface area (Å²) in [4.78, 5) is 0. The Morgan fingerprint density at radius 1 is 1.12 bits per heavy atom. The third kappa shape index (κ3) is 2.56. The highest BCUT2D eigenvalue weighted by Gasteiger charge is 2.04. The van der Waals surface area contributed by atoms with Crippen LogP contribution in [0.4, 0.5) is 15.8 Å². The topological polar surface area (TPSA) is 38.0 Å². The number of aryl methyl sites for hydroxylation is 1. The Labute approximate surface area is 100 Å². The van der Waals surface area contributed by atoms with Gasteiger partial charge in [-0.2, -0.15) is 0 Å². The van der Waals surface area contributed by atoms with Gasteiger partial charge in [0, 0.05) is 6.54 Å². The summed E-state index contributed by atoms with van der Waals surface area (Å²) in [5.41, 5.74) is 8.83. The summed E-state index contributed by atoms with van der Waals surface area (Å²) < 4.78 is 13.2. The minimum absolute atomic E-state index is 0.168. The lowest BCUT2D eigenvalue weighted by molar-refractivity contribution is 0.633. The fourth-order valence-corrected chi connectivity index (χ4v) is 1.69. The second kappa shape index (κ2) is 4.87. The Hall–Kier alpha value is -2.03. The van der Waals surface area contributed by atoms with Gasteiger partial charge in [-0.3, -0.25) is 0 Å². The lowest BCUT2D eigenvalue weighted by Gasteiger charge is -2.11. The van der Waals surface area contributed by atoms with Crippen molar-refractivity contribution in [3.63, 3.8) is 0 Å². The molecule has 0 radical (unpaired) electrons. The first-order valence-electron chi connectivity index (χ1n) is 5.51. The average Bonchev–Trinajstić information content (AvgIpc) is 2.33. The molecule has 0 aliphatic rings. The highest BCUT2D eigenvalue weighted by Crippen LogP contribution is 2.22. The number of hydrogen-bond donors (Lipinski definition) is 2. The van der Waals surface area contributed by atoms with E-state index >= 15 is 0 Å². The van der Waals surface area contributed by atoms with E-state index in [1.54, 1.807) is 12.1 Å². The van der Waals surface area contributed by atoms with Crippen LogP contribution in [0.2, 0.25) is 0 Å². The van der Waals surface area contributed by atoms with Crippen molar-refractivity contribution in [2.24, 2.45) is 0 Å². The van der Waals surface area contributed by atoms with Gasteiger partial charge < -0.3 is 11.1 Å². The Kier molecular flexibility index (Phi) is 3.28. The molecule has 0 saturated carbocycles. The van der Waals surface area contributed by atoms with Crippen LogP contribution < -0.4 is 11.1 Å². The van der Waals surface area contributed by atoms with Crippen LogP contribution in [-0.4, -0.2) is 0 Å². The maximum Gasteiger partial charge on any atom is 0.148 e. The van der Waals surface area contributed by atoms with Crippen LogP contribution in [-0.2, 0) is 6.54 Å². The molecule has 0 fully saturated rings. The molecule has 0 aliphatic heterocycles. The molecule has 0 amide bonds. The molecule has 0 aromatic heterocycles. The van der Waals surface area contributed by atoms with Gasteiger partial charge in [-0.25, -0.2) is 4.39 Å². The molecule has 0 bridgehead atoms. The van der Waals surface area contributed by atoms with Crippen LogP contribution in [0.15, 0.2) is 42.5 Å².